The van der Waals surface area contributed by atoms with Crippen molar-refractivity contribution in [3.05, 3.63) is 11.3 Å². The summed E-state index contributed by atoms with van der Waals surface area (Å²) in [6, 6.07) is -0.723. The van der Waals surface area contributed by atoms with Gasteiger partial charge in [0.2, 0.25) is 5.91 Å². The van der Waals surface area contributed by atoms with E-state index in [4.69, 9.17) is 15.6 Å². The molecule has 0 aromatic heterocycles. The number of ether oxygens (including phenoxy) is 1. The normalized spacial score (nSPS) is 23.7. The van der Waals surface area contributed by atoms with E-state index < -0.39 is 35.2 Å². The van der Waals surface area contributed by atoms with Gasteiger partial charge in [-0.05, 0) is 0 Å². The monoisotopic (exact) mass is 330 g/mol. The highest BCUT2D eigenvalue weighted by Crippen LogP contribution is 2.39. The first-order valence-corrected chi connectivity index (χ1v) is 7.40. The molecule has 2 atom stereocenters. The molecule has 1 unspecified atom stereocenters. The van der Waals surface area contributed by atoms with Crippen molar-refractivity contribution in [3.63, 3.8) is 0 Å². The number of aliphatic carboxylic acids is 2. The molecule has 0 aliphatic carbocycles. The SMILES string of the molecule is NC1C(=O)N2C(C(=O)O)=C(COC(=O)CCC(=O)O)CS[C@H]12. The van der Waals surface area contributed by atoms with E-state index in [2.05, 4.69) is 0 Å². The average molecular weight is 330 g/mol. The summed E-state index contributed by atoms with van der Waals surface area (Å²) in [4.78, 5) is 45.9. The molecule has 0 radical (unpaired) electrons. The molecule has 2 aliphatic rings. The van der Waals surface area contributed by atoms with Crippen molar-refractivity contribution in [1.29, 1.82) is 0 Å². The predicted molar refractivity (Wildman–Crippen MR) is 73.6 cm³/mol. The lowest BCUT2D eigenvalue weighted by Crippen LogP contribution is -2.68. The number of thioether (sulfide) groups is 1. The van der Waals surface area contributed by atoms with E-state index in [1.54, 1.807) is 0 Å². The van der Waals surface area contributed by atoms with Crippen molar-refractivity contribution in [2.24, 2.45) is 5.73 Å². The number of carboxylic acid groups (broad SMARTS) is 2. The second-order valence-electron chi connectivity index (χ2n) is 4.75. The Kier molecular flexibility index (Phi) is 4.71. The number of hydrogen-bond donors (Lipinski definition) is 3. The van der Waals surface area contributed by atoms with E-state index in [0.29, 0.717) is 0 Å². The Bertz CT molecular complexity index is 574. The van der Waals surface area contributed by atoms with Crippen LogP contribution in [0.1, 0.15) is 12.8 Å². The number of carboxylic acids is 2. The Morgan fingerprint density at radius 3 is 2.59 bits per heavy atom. The highest BCUT2D eigenvalue weighted by atomic mass is 32.2. The summed E-state index contributed by atoms with van der Waals surface area (Å²) in [6.07, 6.45) is -0.658. The van der Waals surface area contributed by atoms with Crippen molar-refractivity contribution in [1.82, 2.24) is 4.90 Å². The quantitative estimate of drug-likeness (QED) is 0.411. The summed E-state index contributed by atoms with van der Waals surface area (Å²) in [5.74, 6) is -3.36. The van der Waals surface area contributed by atoms with Crippen LogP contribution in [0.25, 0.3) is 0 Å². The topological polar surface area (TPSA) is 147 Å². The number of esters is 1. The second kappa shape index (κ2) is 6.36. The zero-order valence-electron chi connectivity index (χ0n) is 11.4. The van der Waals surface area contributed by atoms with Gasteiger partial charge in [-0.25, -0.2) is 4.79 Å². The minimum atomic E-state index is -1.29. The minimum Gasteiger partial charge on any atom is -0.481 e. The third-order valence-corrected chi connectivity index (χ3v) is 4.60. The summed E-state index contributed by atoms with van der Waals surface area (Å²) in [5.41, 5.74) is 5.69. The van der Waals surface area contributed by atoms with Gasteiger partial charge in [-0.3, -0.25) is 19.3 Å². The molecule has 4 N–H and O–H groups in total. The largest absolute Gasteiger partial charge is 0.481 e. The minimum absolute atomic E-state index is 0.207. The smallest absolute Gasteiger partial charge is 0.352 e. The number of carbonyl (C=O) groups is 4. The first kappa shape index (κ1) is 16.3. The Labute approximate surface area is 129 Å². The van der Waals surface area contributed by atoms with Crippen molar-refractivity contribution in [2.45, 2.75) is 24.3 Å². The standard InChI is InChI=1S/C12H14N2O7S/c13-8-10(18)14-9(12(19)20)5(4-22-11(8)14)3-21-7(17)2-1-6(15)16/h8,11H,1-4,13H2,(H,15,16)(H,19,20)/t8?,11-/m1/s1. The maximum atomic E-state index is 11.7. The maximum Gasteiger partial charge on any atom is 0.352 e. The molecule has 120 valence electrons. The Hall–Kier alpha value is -2.07. The van der Waals surface area contributed by atoms with E-state index in [1.807, 2.05) is 0 Å². The van der Waals surface area contributed by atoms with Gasteiger partial charge in [-0.2, -0.15) is 0 Å². The number of nitrogens with zero attached hydrogens (tertiary/aromatic N) is 1. The van der Waals surface area contributed by atoms with Gasteiger partial charge < -0.3 is 20.7 Å². The maximum absolute atomic E-state index is 11.7. The van der Waals surface area contributed by atoms with Crippen LogP contribution >= 0.6 is 11.8 Å². The van der Waals surface area contributed by atoms with E-state index in [-0.39, 0.29) is 36.5 Å². The van der Waals surface area contributed by atoms with Crippen molar-refractivity contribution >= 4 is 35.6 Å². The number of fused-ring (bicyclic) bond motifs is 1. The van der Waals surface area contributed by atoms with E-state index in [1.165, 1.54) is 11.8 Å². The molecule has 1 fully saturated rings. The zero-order chi connectivity index (χ0) is 16.4. The molecule has 0 bridgehead atoms. The molecular formula is C12H14N2O7S. The number of β-lactam (4-membered cyclic amide) rings is 1. The fourth-order valence-electron chi connectivity index (χ4n) is 2.14. The van der Waals surface area contributed by atoms with Crippen LogP contribution in [-0.4, -0.2) is 62.7 Å². The van der Waals surface area contributed by atoms with Gasteiger partial charge in [-0.15, -0.1) is 11.8 Å². The lowest BCUT2D eigenvalue weighted by Gasteiger charge is -2.47. The molecule has 2 rings (SSSR count). The third kappa shape index (κ3) is 3.07. The van der Waals surface area contributed by atoms with E-state index in [0.717, 1.165) is 4.90 Å². The van der Waals surface area contributed by atoms with Crippen LogP contribution in [0.3, 0.4) is 0 Å². The van der Waals surface area contributed by atoms with E-state index >= 15 is 0 Å². The second-order valence-corrected chi connectivity index (χ2v) is 5.85. The summed E-state index contributed by atoms with van der Waals surface area (Å²) >= 11 is 1.30. The summed E-state index contributed by atoms with van der Waals surface area (Å²) in [5, 5.41) is 17.3. The molecule has 22 heavy (non-hydrogen) atoms. The van der Waals surface area contributed by atoms with Gasteiger partial charge in [0.1, 0.15) is 23.7 Å². The Balaban J connectivity index is 2.04. The number of amides is 1. The van der Waals surface area contributed by atoms with Crippen molar-refractivity contribution in [3.8, 4) is 0 Å². The molecule has 0 spiro atoms. The zero-order valence-corrected chi connectivity index (χ0v) is 12.2. The lowest BCUT2D eigenvalue weighted by molar-refractivity contribution is -0.149. The van der Waals surface area contributed by atoms with Crippen LogP contribution in [0, 0.1) is 0 Å². The Morgan fingerprint density at radius 1 is 1.32 bits per heavy atom. The summed E-state index contributed by atoms with van der Waals surface area (Å²) < 4.78 is 4.88. The van der Waals surface area contributed by atoms with Gasteiger partial charge in [-0.1, -0.05) is 0 Å². The molecule has 0 saturated carbocycles. The van der Waals surface area contributed by atoms with Crippen LogP contribution < -0.4 is 5.73 Å². The lowest BCUT2D eigenvalue weighted by atomic mass is 10.0. The highest BCUT2D eigenvalue weighted by molar-refractivity contribution is 8.00. The molecule has 2 aliphatic heterocycles. The molecule has 0 aromatic carbocycles. The molecule has 9 nitrogen and oxygen atoms in total. The van der Waals surface area contributed by atoms with Gasteiger partial charge in [0.25, 0.3) is 0 Å². The van der Waals surface area contributed by atoms with Gasteiger partial charge >= 0.3 is 17.9 Å². The van der Waals surface area contributed by atoms with Gasteiger partial charge in [0.05, 0.1) is 12.8 Å². The molecule has 1 amide bonds. The summed E-state index contributed by atoms with van der Waals surface area (Å²) in [7, 11) is 0. The van der Waals surface area contributed by atoms with Gasteiger partial charge in [0, 0.05) is 11.3 Å². The molecule has 10 heteroatoms. The number of rotatable bonds is 6. The fraction of sp³-hybridized carbons (Fsp3) is 0.500. The fourth-order valence-corrected chi connectivity index (χ4v) is 3.41. The first-order chi connectivity index (χ1) is 10.3. The van der Waals surface area contributed by atoms with Gasteiger partial charge in [0.15, 0.2) is 0 Å². The van der Waals surface area contributed by atoms with Crippen LogP contribution in [0.5, 0.6) is 0 Å². The molecular weight excluding hydrogens is 316 g/mol. The predicted octanol–water partition coefficient (Wildman–Crippen LogP) is -1.02. The van der Waals surface area contributed by atoms with Crippen LogP contribution in [0.4, 0.5) is 0 Å². The van der Waals surface area contributed by atoms with Crippen LogP contribution in [0.2, 0.25) is 0 Å². The molecule has 1 saturated heterocycles. The first-order valence-electron chi connectivity index (χ1n) is 6.36. The Morgan fingerprint density at radius 2 is 2.00 bits per heavy atom. The number of nitrogens with two attached hydrogens (primary N) is 1. The molecule has 0 aromatic rings. The molecule has 2 heterocycles. The third-order valence-electron chi connectivity index (χ3n) is 3.24. The number of carbonyl (C=O) groups excluding carboxylic acids is 2. The highest BCUT2D eigenvalue weighted by Gasteiger charge is 2.51. The average Bonchev–Trinajstić information content (AvgIpc) is 2.48. The summed E-state index contributed by atoms with van der Waals surface area (Å²) in [6.45, 7) is -0.293. The van der Waals surface area contributed by atoms with Crippen LogP contribution in [-0.2, 0) is 23.9 Å². The van der Waals surface area contributed by atoms with Crippen molar-refractivity contribution < 1.29 is 34.1 Å². The van der Waals surface area contributed by atoms with Crippen LogP contribution in [0.15, 0.2) is 11.3 Å². The van der Waals surface area contributed by atoms with Crippen molar-refractivity contribution in [2.75, 3.05) is 12.4 Å². The number of hydrogen-bond acceptors (Lipinski definition) is 7. The van der Waals surface area contributed by atoms with E-state index in [9.17, 15) is 24.3 Å².